The van der Waals surface area contributed by atoms with E-state index in [0.717, 1.165) is 31.8 Å². The number of methoxy groups -OCH3 is 1. The van der Waals surface area contributed by atoms with Crippen molar-refractivity contribution in [2.24, 2.45) is 7.05 Å². The third-order valence-corrected chi connectivity index (χ3v) is 2.50. The standard InChI is InChI=1S/C11H21N3O/c1-4-12-10(9-15-3)5-6-11-13-7-8-14(11)2/h7-8,10,12H,4-6,9H2,1-3H3. The molecule has 0 spiro atoms. The van der Waals surface area contributed by atoms with Crippen LogP contribution in [0.25, 0.3) is 0 Å². The first kappa shape index (κ1) is 12.2. The Balaban J connectivity index is 2.36. The van der Waals surface area contributed by atoms with Gasteiger partial charge in [-0.25, -0.2) is 4.98 Å². The van der Waals surface area contributed by atoms with Crippen molar-refractivity contribution in [1.29, 1.82) is 0 Å². The molecule has 1 unspecified atom stereocenters. The molecule has 0 aliphatic carbocycles. The Morgan fingerprint density at radius 1 is 1.60 bits per heavy atom. The lowest BCUT2D eigenvalue weighted by Crippen LogP contribution is -2.33. The van der Waals surface area contributed by atoms with E-state index in [9.17, 15) is 0 Å². The van der Waals surface area contributed by atoms with Crippen LogP contribution in [-0.2, 0) is 18.2 Å². The van der Waals surface area contributed by atoms with Crippen LogP contribution < -0.4 is 5.32 Å². The topological polar surface area (TPSA) is 39.1 Å². The third-order valence-electron chi connectivity index (χ3n) is 2.50. The van der Waals surface area contributed by atoms with Gasteiger partial charge in [0, 0.05) is 39.0 Å². The molecule has 86 valence electrons. The summed E-state index contributed by atoms with van der Waals surface area (Å²) in [5.41, 5.74) is 0. The summed E-state index contributed by atoms with van der Waals surface area (Å²) in [5, 5.41) is 3.40. The zero-order valence-corrected chi connectivity index (χ0v) is 9.86. The molecule has 0 aliphatic heterocycles. The van der Waals surface area contributed by atoms with Gasteiger partial charge in [0.25, 0.3) is 0 Å². The van der Waals surface area contributed by atoms with Crippen LogP contribution in [0, 0.1) is 0 Å². The van der Waals surface area contributed by atoms with Crippen LogP contribution in [0.1, 0.15) is 19.2 Å². The van der Waals surface area contributed by atoms with E-state index in [2.05, 4.69) is 21.8 Å². The number of aromatic nitrogens is 2. The van der Waals surface area contributed by atoms with Crippen molar-refractivity contribution in [3.05, 3.63) is 18.2 Å². The number of aryl methyl sites for hydroxylation is 2. The van der Waals surface area contributed by atoms with E-state index in [0.29, 0.717) is 6.04 Å². The first-order valence-electron chi connectivity index (χ1n) is 5.46. The second-order valence-electron chi connectivity index (χ2n) is 3.70. The summed E-state index contributed by atoms with van der Waals surface area (Å²) in [7, 11) is 3.77. The number of likely N-dealkylation sites (N-methyl/N-ethyl adjacent to an activating group) is 1. The highest BCUT2D eigenvalue weighted by atomic mass is 16.5. The number of hydrogen-bond acceptors (Lipinski definition) is 3. The van der Waals surface area contributed by atoms with E-state index in [-0.39, 0.29) is 0 Å². The predicted octanol–water partition coefficient (Wildman–Crippen LogP) is 0.977. The van der Waals surface area contributed by atoms with E-state index < -0.39 is 0 Å². The van der Waals surface area contributed by atoms with Crippen LogP contribution in [0.3, 0.4) is 0 Å². The van der Waals surface area contributed by atoms with E-state index in [1.807, 2.05) is 19.4 Å². The van der Waals surface area contributed by atoms with Crippen LogP contribution in [0.5, 0.6) is 0 Å². The lowest BCUT2D eigenvalue weighted by Gasteiger charge is -2.16. The molecule has 1 atom stereocenters. The quantitative estimate of drug-likeness (QED) is 0.730. The molecular formula is C11H21N3O. The fraction of sp³-hybridized carbons (Fsp3) is 0.727. The van der Waals surface area contributed by atoms with E-state index in [4.69, 9.17) is 4.74 Å². The molecule has 0 amide bonds. The predicted molar refractivity (Wildman–Crippen MR) is 60.9 cm³/mol. The van der Waals surface area contributed by atoms with Crippen LogP contribution in [-0.4, -0.2) is 35.9 Å². The van der Waals surface area contributed by atoms with Gasteiger partial charge in [0.15, 0.2) is 0 Å². The maximum Gasteiger partial charge on any atom is 0.108 e. The first-order chi connectivity index (χ1) is 7.27. The molecule has 0 radical (unpaired) electrons. The third kappa shape index (κ3) is 4.01. The highest BCUT2D eigenvalue weighted by molar-refractivity contribution is 4.92. The Hall–Kier alpha value is -0.870. The number of nitrogens with one attached hydrogen (secondary N) is 1. The molecule has 1 rings (SSSR count). The Labute approximate surface area is 91.7 Å². The Morgan fingerprint density at radius 2 is 2.40 bits per heavy atom. The van der Waals surface area contributed by atoms with Crippen molar-refractivity contribution in [3.8, 4) is 0 Å². The minimum absolute atomic E-state index is 0.428. The number of rotatable bonds is 7. The molecule has 1 aromatic rings. The minimum atomic E-state index is 0.428. The van der Waals surface area contributed by atoms with Crippen molar-refractivity contribution in [2.75, 3.05) is 20.3 Å². The van der Waals surface area contributed by atoms with Crippen molar-refractivity contribution >= 4 is 0 Å². The van der Waals surface area contributed by atoms with Gasteiger partial charge in [-0.2, -0.15) is 0 Å². The highest BCUT2D eigenvalue weighted by Gasteiger charge is 2.08. The molecule has 1 N–H and O–H groups in total. The monoisotopic (exact) mass is 211 g/mol. The molecule has 0 aromatic carbocycles. The summed E-state index contributed by atoms with van der Waals surface area (Å²) in [5.74, 6) is 1.13. The van der Waals surface area contributed by atoms with Crippen LogP contribution >= 0.6 is 0 Å². The summed E-state index contributed by atoms with van der Waals surface area (Å²) in [6, 6.07) is 0.428. The summed E-state index contributed by atoms with van der Waals surface area (Å²) >= 11 is 0. The average molecular weight is 211 g/mol. The van der Waals surface area contributed by atoms with E-state index in [1.54, 1.807) is 7.11 Å². The van der Waals surface area contributed by atoms with Gasteiger partial charge in [0.05, 0.1) is 6.61 Å². The van der Waals surface area contributed by atoms with Crippen LogP contribution in [0.15, 0.2) is 12.4 Å². The number of imidazole rings is 1. The molecule has 0 fully saturated rings. The maximum absolute atomic E-state index is 5.17. The second-order valence-corrected chi connectivity index (χ2v) is 3.70. The van der Waals surface area contributed by atoms with Crippen molar-refractivity contribution in [1.82, 2.24) is 14.9 Å². The molecule has 0 bridgehead atoms. The second kappa shape index (κ2) is 6.58. The van der Waals surface area contributed by atoms with Gasteiger partial charge in [-0.3, -0.25) is 0 Å². The fourth-order valence-electron chi connectivity index (χ4n) is 1.67. The maximum atomic E-state index is 5.17. The molecule has 1 aromatic heterocycles. The molecule has 0 saturated heterocycles. The average Bonchev–Trinajstić information content (AvgIpc) is 2.61. The largest absolute Gasteiger partial charge is 0.383 e. The summed E-state index contributed by atoms with van der Waals surface area (Å²) < 4.78 is 7.23. The molecule has 0 aliphatic rings. The van der Waals surface area contributed by atoms with Crippen LogP contribution in [0.2, 0.25) is 0 Å². The summed E-state index contributed by atoms with van der Waals surface area (Å²) in [4.78, 5) is 4.30. The Bertz CT molecular complexity index is 267. The highest BCUT2D eigenvalue weighted by Crippen LogP contribution is 2.02. The molecule has 15 heavy (non-hydrogen) atoms. The van der Waals surface area contributed by atoms with Crippen molar-refractivity contribution in [3.63, 3.8) is 0 Å². The fourth-order valence-corrected chi connectivity index (χ4v) is 1.67. The zero-order chi connectivity index (χ0) is 11.1. The molecular weight excluding hydrogens is 190 g/mol. The number of hydrogen-bond donors (Lipinski definition) is 1. The van der Waals surface area contributed by atoms with Gasteiger partial charge in [-0.05, 0) is 13.0 Å². The first-order valence-corrected chi connectivity index (χ1v) is 5.46. The molecule has 1 heterocycles. The zero-order valence-electron chi connectivity index (χ0n) is 9.86. The lowest BCUT2D eigenvalue weighted by atomic mass is 10.1. The normalized spacial score (nSPS) is 13.0. The van der Waals surface area contributed by atoms with E-state index >= 15 is 0 Å². The van der Waals surface area contributed by atoms with Gasteiger partial charge < -0.3 is 14.6 Å². The van der Waals surface area contributed by atoms with Gasteiger partial charge in [0.1, 0.15) is 5.82 Å². The Kier molecular flexibility index (Phi) is 5.36. The molecule has 4 nitrogen and oxygen atoms in total. The van der Waals surface area contributed by atoms with Gasteiger partial charge in [-0.15, -0.1) is 0 Å². The van der Waals surface area contributed by atoms with Gasteiger partial charge in [-0.1, -0.05) is 6.92 Å². The molecule has 0 saturated carbocycles. The van der Waals surface area contributed by atoms with Gasteiger partial charge >= 0.3 is 0 Å². The number of nitrogens with zero attached hydrogens (tertiary/aromatic N) is 2. The minimum Gasteiger partial charge on any atom is -0.383 e. The van der Waals surface area contributed by atoms with Crippen molar-refractivity contribution in [2.45, 2.75) is 25.8 Å². The smallest absolute Gasteiger partial charge is 0.108 e. The Morgan fingerprint density at radius 3 is 2.93 bits per heavy atom. The summed E-state index contributed by atoms with van der Waals surface area (Å²) in [6.07, 6.45) is 5.87. The summed E-state index contributed by atoms with van der Waals surface area (Å²) in [6.45, 7) is 3.86. The number of ether oxygens (including phenoxy) is 1. The van der Waals surface area contributed by atoms with Crippen molar-refractivity contribution < 1.29 is 4.74 Å². The molecule has 4 heteroatoms. The lowest BCUT2D eigenvalue weighted by molar-refractivity contribution is 0.163. The van der Waals surface area contributed by atoms with E-state index in [1.165, 1.54) is 0 Å². The van der Waals surface area contributed by atoms with Crippen LogP contribution in [0.4, 0.5) is 0 Å². The SMILES string of the molecule is CCNC(CCc1nccn1C)COC. The van der Waals surface area contributed by atoms with Gasteiger partial charge in [0.2, 0.25) is 0 Å².